The van der Waals surface area contributed by atoms with E-state index >= 15 is 0 Å². The molecular formula is C13H20N4O2S. The highest BCUT2D eigenvalue weighted by molar-refractivity contribution is 7.14. The molecule has 110 valence electrons. The van der Waals surface area contributed by atoms with Gasteiger partial charge in [0, 0.05) is 44.5 Å². The molecule has 1 saturated heterocycles. The molecule has 0 bridgehead atoms. The Morgan fingerprint density at radius 1 is 1.30 bits per heavy atom. The third-order valence-electron chi connectivity index (χ3n) is 3.34. The molecule has 1 fully saturated rings. The van der Waals surface area contributed by atoms with Crippen LogP contribution in [-0.4, -0.2) is 58.8 Å². The van der Waals surface area contributed by atoms with Crippen LogP contribution in [0.3, 0.4) is 0 Å². The minimum Gasteiger partial charge on any atom is -0.335 e. The molecule has 1 aliphatic rings. The lowest BCUT2D eigenvalue weighted by Crippen LogP contribution is -2.50. The molecular weight excluding hydrogens is 276 g/mol. The summed E-state index contributed by atoms with van der Waals surface area (Å²) in [5.74, 6) is -0.231. The van der Waals surface area contributed by atoms with Crippen LogP contribution in [0.1, 0.15) is 31.3 Å². The number of anilines is 1. The summed E-state index contributed by atoms with van der Waals surface area (Å²) in [7, 11) is 0. The summed E-state index contributed by atoms with van der Waals surface area (Å²) in [4.78, 5) is 31.6. The number of carbonyl (C=O) groups is 2. The predicted molar refractivity (Wildman–Crippen MR) is 79.0 cm³/mol. The van der Waals surface area contributed by atoms with Crippen LogP contribution in [0.5, 0.6) is 0 Å². The van der Waals surface area contributed by atoms with Crippen LogP contribution in [0.4, 0.5) is 5.13 Å². The molecule has 0 saturated carbocycles. The topological polar surface area (TPSA) is 65.5 Å². The van der Waals surface area contributed by atoms with Gasteiger partial charge in [-0.15, -0.1) is 11.3 Å². The van der Waals surface area contributed by atoms with Crippen molar-refractivity contribution in [2.24, 2.45) is 0 Å². The molecule has 1 aromatic heterocycles. The van der Waals surface area contributed by atoms with Crippen molar-refractivity contribution in [2.75, 3.05) is 31.5 Å². The summed E-state index contributed by atoms with van der Waals surface area (Å²) >= 11 is 1.27. The first-order valence-electron chi connectivity index (χ1n) is 6.74. The van der Waals surface area contributed by atoms with Gasteiger partial charge < -0.3 is 10.2 Å². The monoisotopic (exact) mass is 296 g/mol. The van der Waals surface area contributed by atoms with Crippen LogP contribution < -0.4 is 5.32 Å². The summed E-state index contributed by atoms with van der Waals surface area (Å²) in [5, 5.41) is 4.77. The molecule has 20 heavy (non-hydrogen) atoms. The second kappa shape index (κ2) is 6.32. The lowest BCUT2D eigenvalue weighted by molar-refractivity contribution is -0.114. The fraction of sp³-hybridized carbons (Fsp3) is 0.615. The maximum absolute atomic E-state index is 12.3. The van der Waals surface area contributed by atoms with E-state index in [2.05, 4.69) is 29.0 Å². The van der Waals surface area contributed by atoms with Crippen molar-refractivity contribution in [2.45, 2.75) is 26.8 Å². The quantitative estimate of drug-likeness (QED) is 0.912. The maximum atomic E-state index is 12.3. The molecule has 7 heteroatoms. The predicted octanol–water partition coefficient (Wildman–Crippen LogP) is 1.27. The molecule has 0 spiro atoms. The second-order valence-electron chi connectivity index (χ2n) is 5.14. The fourth-order valence-corrected chi connectivity index (χ4v) is 2.91. The number of hydrogen-bond donors (Lipinski definition) is 1. The van der Waals surface area contributed by atoms with E-state index in [0.717, 1.165) is 26.2 Å². The van der Waals surface area contributed by atoms with Crippen LogP contribution >= 0.6 is 11.3 Å². The lowest BCUT2D eigenvalue weighted by Gasteiger charge is -2.36. The summed E-state index contributed by atoms with van der Waals surface area (Å²) in [5.41, 5.74) is 0.414. The molecule has 1 aromatic rings. The Hall–Kier alpha value is -1.47. The molecule has 0 unspecified atom stereocenters. The highest BCUT2D eigenvalue weighted by Gasteiger charge is 2.24. The van der Waals surface area contributed by atoms with Gasteiger partial charge in [0.25, 0.3) is 5.91 Å². The number of carbonyl (C=O) groups excluding carboxylic acids is 2. The first-order valence-corrected chi connectivity index (χ1v) is 7.62. The molecule has 2 heterocycles. The molecule has 0 atom stereocenters. The standard InChI is InChI=1S/C13H20N4O2S/c1-9(2)16-4-6-17(7-5-16)12(19)11-8-20-13(15-11)14-10(3)18/h8-9H,4-7H2,1-3H3,(H,14,15,18). The minimum absolute atomic E-state index is 0.0544. The Kier molecular flexibility index (Phi) is 4.72. The maximum Gasteiger partial charge on any atom is 0.273 e. The van der Waals surface area contributed by atoms with Crippen LogP contribution in [0.2, 0.25) is 0 Å². The van der Waals surface area contributed by atoms with Crippen LogP contribution in [0.25, 0.3) is 0 Å². The SMILES string of the molecule is CC(=O)Nc1nc(C(=O)N2CCN(C(C)C)CC2)cs1. The molecule has 6 nitrogen and oxygen atoms in total. The number of nitrogens with zero attached hydrogens (tertiary/aromatic N) is 3. The Morgan fingerprint density at radius 3 is 2.50 bits per heavy atom. The Bertz CT molecular complexity index is 492. The largest absolute Gasteiger partial charge is 0.335 e. The van der Waals surface area contributed by atoms with E-state index in [1.807, 2.05) is 4.90 Å². The average molecular weight is 296 g/mol. The van der Waals surface area contributed by atoms with Crippen molar-refractivity contribution < 1.29 is 9.59 Å². The molecule has 0 aromatic carbocycles. The van der Waals surface area contributed by atoms with Crippen molar-refractivity contribution in [1.29, 1.82) is 0 Å². The second-order valence-corrected chi connectivity index (χ2v) is 6.00. The first-order chi connectivity index (χ1) is 9.47. The van der Waals surface area contributed by atoms with Gasteiger partial charge in [-0.2, -0.15) is 0 Å². The molecule has 2 rings (SSSR count). The first kappa shape index (κ1) is 14.9. The van der Waals surface area contributed by atoms with Gasteiger partial charge in [-0.25, -0.2) is 4.98 Å². The Balaban J connectivity index is 1.95. The number of aromatic nitrogens is 1. The van der Waals surface area contributed by atoms with E-state index < -0.39 is 0 Å². The molecule has 2 amide bonds. The average Bonchev–Trinajstić information content (AvgIpc) is 2.85. The van der Waals surface area contributed by atoms with Crippen molar-refractivity contribution in [1.82, 2.24) is 14.8 Å². The van der Waals surface area contributed by atoms with Gasteiger partial charge in [0.1, 0.15) is 5.69 Å². The lowest BCUT2D eigenvalue weighted by atomic mass is 10.2. The van der Waals surface area contributed by atoms with E-state index in [1.165, 1.54) is 18.3 Å². The van der Waals surface area contributed by atoms with Gasteiger partial charge in [0.15, 0.2) is 5.13 Å². The third-order valence-corrected chi connectivity index (χ3v) is 4.10. The van der Waals surface area contributed by atoms with Gasteiger partial charge >= 0.3 is 0 Å². The summed E-state index contributed by atoms with van der Waals surface area (Å²) in [6, 6.07) is 0.512. The molecule has 0 radical (unpaired) electrons. The van der Waals surface area contributed by atoms with E-state index in [-0.39, 0.29) is 11.8 Å². The zero-order valence-electron chi connectivity index (χ0n) is 12.0. The number of hydrogen-bond acceptors (Lipinski definition) is 5. The third kappa shape index (κ3) is 3.55. The van der Waals surface area contributed by atoms with Gasteiger partial charge in [-0.1, -0.05) is 0 Å². The molecule has 1 aliphatic heterocycles. The van der Waals surface area contributed by atoms with Crippen LogP contribution in [0, 0.1) is 0 Å². The zero-order chi connectivity index (χ0) is 14.7. The van der Waals surface area contributed by atoms with Crippen LogP contribution in [0.15, 0.2) is 5.38 Å². The van der Waals surface area contributed by atoms with Gasteiger partial charge in [0.05, 0.1) is 0 Å². The van der Waals surface area contributed by atoms with E-state index in [4.69, 9.17) is 0 Å². The van der Waals surface area contributed by atoms with Crippen molar-refractivity contribution in [3.63, 3.8) is 0 Å². The summed E-state index contributed by atoms with van der Waals surface area (Å²) < 4.78 is 0. The normalized spacial score (nSPS) is 16.5. The Labute approximate surface area is 122 Å². The number of piperazine rings is 1. The summed E-state index contributed by atoms with van der Waals surface area (Å²) in [6.45, 7) is 9.00. The minimum atomic E-state index is -0.177. The number of rotatable bonds is 3. The number of nitrogens with one attached hydrogen (secondary N) is 1. The van der Waals surface area contributed by atoms with Crippen LogP contribution in [-0.2, 0) is 4.79 Å². The van der Waals surface area contributed by atoms with Gasteiger partial charge in [-0.3, -0.25) is 14.5 Å². The van der Waals surface area contributed by atoms with E-state index in [9.17, 15) is 9.59 Å². The van der Waals surface area contributed by atoms with Crippen molar-refractivity contribution in [3.8, 4) is 0 Å². The van der Waals surface area contributed by atoms with Gasteiger partial charge in [0.2, 0.25) is 5.91 Å². The smallest absolute Gasteiger partial charge is 0.273 e. The van der Waals surface area contributed by atoms with Crippen molar-refractivity contribution >= 4 is 28.3 Å². The van der Waals surface area contributed by atoms with E-state index in [1.54, 1.807) is 5.38 Å². The highest BCUT2D eigenvalue weighted by Crippen LogP contribution is 2.17. The van der Waals surface area contributed by atoms with E-state index in [0.29, 0.717) is 16.9 Å². The number of thiazole rings is 1. The highest BCUT2D eigenvalue weighted by atomic mass is 32.1. The fourth-order valence-electron chi connectivity index (χ4n) is 2.18. The Morgan fingerprint density at radius 2 is 1.95 bits per heavy atom. The molecule has 0 aliphatic carbocycles. The van der Waals surface area contributed by atoms with Crippen molar-refractivity contribution in [3.05, 3.63) is 11.1 Å². The van der Waals surface area contributed by atoms with Gasteiger partial charge in [-0.05, 0) is 13.8 Å². The zero-order valence-corrected chi connectivity index (χ0v) is 12.9. The number of amides is 2. The molecule has 1 N–H and O–H groups in total. The summed E-state index contributed by atoms with van der Waals surface area (Å²) in [6.07, 6.45) is 0.